The molecule has 0 spiro atoms. The van der Waals surface area contributed by atoms with Crippen molar-refractivity contribution in [2.45, 2.75) is 25.8 Å². The third kappa shape index (κ3) is 4.18. The maximum Gasteiger partial charge on any atom is 0.283 e. The van der Waals surface area contributed by atoms with Gasteiger partial charge < -0.3 is 13.9 Å². The molecule has 0 bridgehead atoms. The number of rotatable bonds is 8. The first-order valence-corrected chi connectivity index (χ1v) is 6.45. The Bertz CT molecular complexity index is 467. The van der Waals surface area contributed by atoms with Crippen LogP contribution >= 0.6 is 0 Å². The monoisotopic (exact) mass is 265 g/mol. The molecule has 2 heterocycles. The Morgan fingerprint density at radius 3 is 2.89 bits per heavy atom. The fourth-order valence-corrected chi connectivity index (χ4v) is 1.80. The standard InChI is InChI=1S/C13H19N3O3/c1-16(7-3-2-4-8-17)10-12-14-15-13(19-12)11-6-5-9-18-11/h5-6,9,17H,2-4,7-8,10H2,1H3. The zero-order chi connectivity index (χ0) is 13.5. The number of nitrogens with zero attached hydrogens (tertiary/aromatic N) is 3. The van der Waals surface area contributed by atoms with Crippen molar-refractivity contribution in [3.05, 3.63) is 24.3 Å². The van der Waals surface area contributed by atoms with Gasteiger partial charge in [-0.05, 0) is 45.0 Å². The molecule has 0 aliphatic heterocycles. The number of aromatic nitrogens is 2. The quantitative estimate of drug-likeness (QED) is 0.735. The Kier molecular flexibility index (Phi) is 5.11. The van der Waals surface area contributed by atoms with Crippen LogP contribution in [0.25, 0.3) is 11.7 Å². The SMILES string of the molecule is CN(CCCCCO)Cc1nnc(-c2ccco2)o1. The number of hydrogen-bond acceptors (Lipinski definition) is 6. The highest BCUT2D eigenvalue weighted by Crippen LogP contribution is 2.18. The topological polar surface area (TPSA) is 75.5 Å². The van der Waals surface area contributed by atoms with Crippen molar-refractivity contribution in [3.63, 3.8) is 0 Å². The summed E-state index contributed by atoms with van der Waals surface area (Å²) in [6.07, 6.45) is 4.52. The second kappa shape index (κ2) is 7.06. The minimum Gasteiger partial charge on any atom is -0.459 e. The lowest BCUT2D eigenvalue weighted by Crippen LogP contribution is -2.19. The van der Waals surface area contributed by atoms with Crippen molar-refractivity contribution >= 4 is 0 Å². The molecule has 0 unspecified atom stereocenters. The summed E-state index contributed by atoms with van der Waals surface area (Å²) in [4.78, 5) is 2.12. The molecule has 0 atom stereocenters. The fraction of sp³-hybridized carbons (Fsp3) is 0.538. The molecule has 0 amide bonds. The highest BCUT2D eigenvalue weighted by Gasteiger charge is 2.12. The van der Waals surface area contributed by atoms with E-state index in [0.717, 1.165) is 25.8 Å². The van der Waals surface area contributed by atoms with Crippen molar-refractivity contribution in [3.8, 4) is 11.7 Å². The van der Waals surface area contributed by atoms with Crippen LogP contribution in [0.5, 0.6) is 0 Å². The molecular weight excluding hydrogens is 246 g/mol. The van der Waals surface area contributed by atoms with E-state index in [4.69, 9.17) is 13.9 Å². The van der Waals surface area contributed by atoms with Gasteiger partial charge in [0.05, 0.1) is 12.8 Å². The molecule has 0 aliphatic rings. The van der Waals surface area contributed by atoms with E-state index in [2.05, 4.69) is 15.1 Å². The maximum atomic E-state index is 8.70. The summed E-state index contributed by atoms with van der Waals surface area (Å²) in [5.74, 6) is 1.58. The summed E-state index contributed by atoms with van der Waals surface area (Å²) in [5, 5.41) is 16.7. The Balaban J connectivity index is 1.79. The summed E-state index contributed by atoms with van der Waals surface area (Å²) in [6, 6.07) is 3.57. The molecule has 19 heavy (non-hydrogen) atoms. The number of hydrogen-bond donors (Lipinski definition) is 1. The minimum atomic E-state index is 0.264. The predicted molar refractivity (Wildman–Crippen MR) is 69.3 cm³/mol. The molecule has 0 fully saturated rings. The van der Waals surface area contributed by atoms with Gasteiger partial charge in [0.25, 0.3) is 5.89 Å². The van der Waals surface area contributed by atoms with E-state index in [0.29, 0.717) is 24.1 Å². The lowest BCUT2D eigenvalue weighted by molar-refractivity contribution is 0.261. The first-order chi connectivity index (χ1) is 9.29. The van der Waals surface area contributed by atoms with Gasteiger partial charge in [0, 0.05) is 6.61 Å². The average Bonchev–Trinajstić information content (AvgIpc) is 3.04. The van der Waals surface area contributed by atoms with Gasteiger partial charge in [-0.25, -0.2) is 0 Å². The van der Waals surface area contributed by atoms with Gasteiger partial charge in [-0.15, -0.1) is 10.2 Å². The van der Waals surface area contributed by atoms with E-state index in [1.165, 1.54) is 0 Å². The summed E-state index contributed by atoms with van der Waals surface area (Å²) in [7, 11) is 2.01. The average molecular weight is 265 g/mol. The molecule has 2 aromatic heterocycles. The largest absolute Gasteiger partial charge is 0.459 e. The molecule has 0 aromatic carbocycles. The molecule has 0 saturated carbocycles. The van der Waals surface area contributed by atoms with Crippen LogP contribution < -0.4 is 0 Å². The zero-order valence-electron chi connectivity index (χ0n) is 11.1. The summed E-state index contributed by atoms with van der Waals surface area (Å²) < 4.78 is 10.7. The molecule has 0 saturated heterocycles. The highest BCUT2D eigenvalue weighted by molar-refractivity contribution is 5.42. The van der Waals surface area contributed by atoms with Crippen LogP contribution in [0.15, 0.2) is 27.2 Å². The molecule has 6 heteroatoms. The number of aliphatic hydroxyl groups is 1. The highest BCUT2D eigenvalue weighted by atomic mass is 16.4. The Morgan fingerprint density at radius 1 is 1.26 bits per heavy atom. The Labute approximate surface area is 112 Å². The molecule has 104 valence electrons. The first-order valence-electron chi connectivity index (χ1n) is 6.45. The van der Waals surface area contributed by atoms with Crippen LogP contribution in [0, 0.1) is 0 Å². The van der Waals surface area contributed by atoms with Crippen molar-refractivity contribution in [2.75, 3.05) is 20.2 Å². The van der Waals surface area contributed by atoms with Crippen LogP contribution in [-0.4, -0.2) is 40.4 Å². The second-order valence-corrected chi connectivity index (χ2v) is 4.50. The summed E-state index contributed by atoms with van der Waals surface area (Å²) in [6.45, 7) is 1.82. The third-order valence-electron chi connectivity index (χ3n) is 2.80. The van der Waals surface area contributed by atoms with Gasteiger partial charge in [-0.2, -0.15) is 0 Å². The van der Waals surface area contributed by atoms with Gasteiger partial charge in [-0.3, -0.25) is 4.90 Å². The van der Waals surface area contributed by atoms with Crippen LogP contribution in [-0.2, 0) is 6.54 Å². The lowest BCUT2D eigenvalue weighted by atomic mass is 10.2. The van der Waals surface area contributed by atoms with Crippen molar-refractivity contribution in [1.29, 1.82) is 0 Å². The molecule has 2 rings (SSSR count). The van der Waals surface area contributed by atoms with Crippen molar-refractivity contribution in [2.24, 2.45) is 0 Å². The Morgan fingerprint density at radius 2 is 2.16 bits per heavy atom. The van der Waals surface area contributed by atoms with Gasteiger partial charge in [0.2, 0.25) is 5.89 Å². The molecular formula is C13H19N3O3. The van der Waals surface area contributed by atoms with E-state index < -0.39 is 0 Å². The molecule has 2 aromatic rings. The lowest BCUT2D eigenvalue weighted by Gasteiger charge is -2.13. The van der Waals surface area contributed by atoms with Crippen LogP contribution in [0.1, 0.15) is 25.2 Å². The first kappa shape index (κ1) is 13.8. The van der Waals surface area contributed by atoms with E-state index in [1.54, 1.807) is 18.4 Å². The minimum absolute atomic E-state index is 0.264. The van der Waals surface area contributed by atoms with Crippen molar-refractivity contribution < 1.29 is 13.9 Å². The van der Waals surface area contributed by atoms with E-state index >= 15 is 0 Å². The smallest absolute Gasteiger partial charge is 0.283 e. The second-order valence-electron chi connectivity index (χ2n) is 4.50. The van der Waals surface area contributed by atoms with Crippen LogP contribution in [0.2, 0.25) is 0 Å². The van der Waals surface area contributed by atoms with Gasteiger partial charge in [0.15, 0.2) is 5.76 Å². The zero-order valence-corrected chi connectivity index (χ0v) is 11.1. The molecule has 1 N–H and O–H groups in total. The summed E-state index contributed by atoms with van der Waals surface area (Å²) >= 11 is 0. The van der Waals surface area contributed by atoms with Gasteiger partial charge >= 0.3 is 0 Å². The van der Waals surface area contributed by atoms with Crippen molar-refractivity contribution in [1.82, 2.24) is 15.1 Å². The fourth-order valence-electron chi connectivity index (χ4n) is 1.80. The van der Waals surface area contributed by atoms with E-state index in [9.17, 15) is 0 Å². The third-order valence-corrected chi connectivity index (χ3v) is 2.80. The predicted octanol–water partition coefficient (Wildman–Crippen LogP) is 1.92. The maximum absolute atomic E-state index is 8.70. The number of unbranched alkanes of at least 4 members (excludes halogenated alkanes) is 2. The number of aliphatic hydroxyl groups excluding tert-OH is 1. The van der Waals surface area contributed by atoms with Crippen LogP contribution in [0.4, 0.5) is 0 Å². The van der Waals surface area contributed by atoms with E-state index in [-0.39, 0.29) is 6.61 Å². The van der Waals surface area contributed by atoms with E-state index in [1.807, 2.05) is 7.05 Å². The number of furan rings is 1. The molecule has 6 nitrogen and oxygen atoms in total. The van der Waals surface area contributed by atoms with Crippen LogP contribution in [0.3, 0.4) is 0 Å². The molecule has 0 aliphatic carbocycles. The van der Waals surface area contributed by atoms with Gasteiger partial charge in [0.1, 0.15) is 0 Å². The van der Waals surface area contributed by atoms with Gasteiger partial charge in [-0.1, -0.05) is 0 Å². The Hall–Kier alpha value is -1.66. The summed E-state index contributed by atoms with van der Waals surface area (Å²) in [5.41, 5.74) is 0. The normalized spacial score (nSPS) is 11.3. The molecule has 0 radical (unpaired) electrons.